The topological polar surface area (TPSA) is 41.6 Å². The van der Waals surface area contributed by atoms with E-state index >= 15 is 0 Å². The van der Waals surface area contributed by atoms with Crippen molar-refractivity contribution in [3.8, 4) is 0 Å². The SMILES string of the molecule is CC1CCC(NC(=O)OCCCCN(C)C)CC1. The summed E-state index contributed by atoms with van der Waals surface area (Å²) in [6.07, 6.45) is 6.39. The molecule has 18 heavy (non-hydrogen) atoms. The van der Waals surface area contributed by atoms with Gasteiger partial charge in [0.15, 0.2) is 0 Å². The molecular weight excluding hydrogens is 228 g/mol. The van der Waals surface area contributed by atoms with E-state index < -0.39 is 0 Å². The van der Waals surface area contributed by atoms with Crippen LogP contribution >= 0.6 is 0 Å². The number of hydrogen-bond donors (Lipinski definition) is 1. The predicted molar refractivity (Wildman–Crippen MR) is 73.7 cm³/mol. The molecule has 0 aromatic rings. The van der Waals surface area contributed by atoms with E-state index in [0.717, 1.165) is 38.1 Å². The van der Waals surface area contributed by atoms with E-state index in [9.17, 15) is 4.79 Å². The van der Waals surface area contributed by atoms with Crippen LogP contribution in [0.25, 0.3) is 0 Å². The summed E-state index contributed by atoms with van der Waals surface area (Å²) in [5.41, 5.74) is 0. The molecule has 0 aromatic heterocycles. The van der Waals surface area contributed by atoms with Crippen molar-refractivity contribution in [2.24, 2.45) is 5.92 Å². The van der Waals surface area contributed by atoms with Gasteiger partial charge in [0.25, 0.3) is 0 Å². The minimum absolute atomic E-state index is 0.237. The summed E-state index contributed by atoms with van der Waals surface area (Å²) in [6, 6.07) is 0.329. The molecule has 1 rings (SSSR count). The molecule has 0 atom stereocenters. The monoisotopic (exact) mass is 256 g/mol. The van der Waals surface area contributed by atoms with Crippen LogP contribution in [0.2, 0.25) is 0 Å². The molecule has 1 aliphatic rings. The second-order valence-electron chi connectivity index (χ2n) is 5.75. The summed E-state index contributed by atoms with van der Waals surface area (Å²) >= 11 is 0. The van der Waals surface area contributed by atoms with Crippen LogP contribution < -0.4 is 5.32 Å². The number of nitrogens with one attached hydrogen (secondary N) is 1. The highest BCUT2D eigenvalue weighted by molar-refractivity contribution is 5.67. The Kier molecular flexibility index (Phi) is 7.09. The van der Waals surface area contributed by atoms with Gasteiger partial charge in [-0.3, -0.25) is 0 Å². The molecule has 0 aliphatic heterocycles. The molecule has 0 spiro atoms. The number of hydrogen-bond acceptors (Lipinski definition) is 3. The van der Waals surface area contributed by atoms with Crippen LogP contribution in [0.5, 0.6) is 0 Å². The van der Waals surface area contributed by atoms with Gasteiger partial charge in [0.05, 0.1) is 6.61 Å². The Morgan fingerprint density at radius 1 is 1.22 bits per heavy atom. The van der Waals surface area contributed by atoms with E-state index in [4.69, 9.17) is 4.74 Å². The summed E-state index contributed by atoms with van der Waals surface area (Å²) in [4.78, 5) is 13.7. The molecule has 1 amide bonds. The van der Waals surface area contributed by atoms with Crippen LogP contribution in [0.1, 0.15) is 45.4 Å². The minimum atomic E-state index is -0.237. The highest BCUT2D eigenvalue weighted by atomic mass is 16.5. The Morgan fingerprint density at radius 3 is 2.50 bits per heavy atom. The lowest BCUT2D eigenvalue weighted by Gasteiger charge is -2.26. The van der Waals surface area contributed by atoms with Crippen molar-refractivity contribution in [3.63, 3.8) is 0 Å². The van der Waals surface area contributed by atoms with E-state index in [0.29, 0.717) is 12.6 Å². The molecule has 0 bridgehead atoms. The Morgan fingerprint density at radius 2 is 1.89 bits per heavy atom. The number of carbonyl (C=O) groups excluding carboxylic acids is 1. The number of unbranched alkanes of at least 4 members (excludes halogenated alkanes) is 1. The van der Waals surface area contributed by atoms with Gasteiger partial charge in [-0.1, -0.05) is 6.92 Å². The predicted octanol–water partition coefficient (Wildman–Crippen LogP) is 2.63. The fraction of sp³-hybridized carbons (Fsp3) is 0.929. The molecule has 0 saturated heterocycles. The van der Waals surface area contributed by atoms with E-state index in [-0.39, 0.29) is 6.09 Å². The van der Waals surface area contributed by atoms with Gasteiger partial charge in [0, 0.05) is 6.04 Å². The molecule has 0 aromatic carbocycles. The maximum atomic E-state index is 11.5. The molecule has 1 fully saturated rings. The molecular formula is C14H28N2O2. The largest absolute Gasteiger partial charge is 0.450 e. The first-order valence-corrected chi connectivity index (χ1v) is 7.16. The van der Waals surface area contributed by atoms with Crippen LogP contribution in [0.3, 0.4) is 0 Å². The number of ether oxygens (including phenoxy) is 1. The zero-order valence-corrected chi connectivity index (χ0v) is 12.1. The minimum Gasteiger partial charge on any atom is -0.450 e. The van der Waals surface area contributed by atoms with E-state index in [1.165, 1.54) is 12.8 Å². The van der Waals surface area contributed by atoms with E-state index in [2.05, 4.69) is 31.2 Å². The molecule has 106 valence electrons. The lowest BCUT2D eigenvalue weighted by molar-refractivity contribution is 0.135. The zero-order valence-electron chi connectivity index (χ0n) is 12.1. The summed E-state index contributed by atoms with van der Waals surface area (Å²) in [7, 11) is 4.11. The Balaban J connectivity index is 2.00. The molecule has 0 radical (unpaired) electrons. The first-order valence-electron chi connectivity index (χ1n) is 7.16. The Labute approximate surface area is 111 Å². The average molecular weight is 256 g/mol. The lowest BCUT2D eigenvalue weighted by atomic mass is 9.87. The van der Waals surface area contributed by atoms with Crippen molar-refractivity contribution in [3.05, 3.63) is 0 Å². The number of carbonyl (C=O) groups is 1. The highest BCUT2D eigenvalue weighted by Crippen LogP contribution is 2.23. The van der Waals surface area contributed by atoms with Gasteiger partial charge in [-0.25, -0.2) is 4.79 Å². The van der Waals surface area contributed by atoms with Gasteiger partial charge in [-0.2, -0.15) is 0 Å². The van der Waals surface area contributed by atoms with Crippen molar-refractivity contribution in [2.75, 3.05) is 27.2 Å². The molecule has 0 heterocycles. The molecule has 1 aliphatic carbocycles. The van der Waals surface area contributed by atoms with Crippen molar-refractivity contribution >= 4 is 6.09 Å². The third-order valence-corrected chi connectivity index (χ3v) is 3.57. The fourth-order valence-corrected chi connectivity index (χ4v) is 2.31. The van der Waals surface area contributed by atoms with E-state index in [1.807, 2.05) is 0 Å². The average Bonchev–Trinajstić information content (AvgIpc) is 2.31. The standard InChI is InChI=1S/C14H28N2O2/c1-12-6-8-13(9-7-12)15-14(17)18-11-5-4-10-16(2)3/h12-13H,4-11H2,1-3H3,(H,15,17). The Bertz CT molecular complexity index is 236. The maximum absolute atomic E-state index is 11.5. The number of alkyl carbamates (subject to hydrolysis) is 1. The lowest BCUT2D eigenvalue weighted by Crippen LogP contribution is -2.37. The zero-order chi connectivity index (χ0) is 13.4. The molecule has 0 unspecified atom stereocenters. The number of amides is 1. The van der Waals surface area contributed by atoms with Crippen molar-refractivity contribution in [1.29, 1.82) is 0 Å². The summed E-state index contributed by atoms with van der Waals surface area (Å²) in [6.45, 7) is 3.85. The molecule has 1 saturated carbocycles. The smallest absolute Gasteiger partial charge is 0.407 e. The second-order valence-corrected chi connectivity index (χ2v) is 5.75. The van der Waals surface area contributed by atoms with E-state index in [1.54, 1.807) is 0 Å². The first kappa shape index (κ1) is 15.3. The Hall–Kier alpha value is -0.770. The maximum Gasteiger partial charge on any atom is 0.407 e. The molecule has 1 N–H and O–H groups in total. The number of rotatable bonds is 6. The highest BCUT2D eigenvalue weighted by Gasteiger charge is 2.19. The van der Waals surface area contributed by atoms with Crippen molar-refractivity contribution in [1.82, 2.24) is 10.2 Å². The fourth-order valence-electron chi connectivity index (χ4n) is 2.31. The van der Waals surface area contributed by atoms with Gasteiger partial charge in [-0.15, -0.1) is 0 Å². The van der Waals surface area contributed by atoms with Gasteiger partial charge in [-0.05, 0) is 65.1 Å². The van der Waals surface area contributed by atoms with Crippen LogP contribution in [-0.2, 0) is 4.74 Å². The summed E-state index contributed by atoms with van der Waals surface area (Å²) in [5.74, 6) is 0.810. The summed E-state index contributed by atoms with van der Waals surface area (Å²) in [5, 5.41) is 2.97. The van der Waals surface area contributed by atoms with Crippen molar-refractivity contribution < 1.29 is 9.53 Å². The van der Waals surface area contributed by atoms with Crippen LogP contribution in [0.4, 0.5) is 4.79 Å². The molecule has 4 nitrogen and oxygen atoms in total. The van der Waals surface area contributed by atoms with Crippen LogP contribution in [-0.4, -0.2) is 44.3 Å². The second kappa shape index (κ2) is 8.35. The van der Waals surface area contributed by atoms with Gasteiger partial charge >= 0.3 is 6.09 Å². The van der Waals surface area contributed by atoms with Gasteiger partial charge in [0.2, 0.25) is 0 Å². The third kappa shape index (κ3) is 6.84. The summed E-state index contributed by atoms with van der Waals surface area (Å²) < 4.78 is 5.18. The quantitative estimate of drug-likeness (QED) is 0.743. The van der Waals surface area contributed by atoms with Crippen LogP contribution in [0, 0.1) is 5.92 Å². The molecule has 4 heteroatoms. The first-order chi connectivity index (χ1) is 8.58. The third-order valence-electron chi connectivity index (χ3n) is 3.57. The van der Waals surface area contributed by atoms with Crippen LogP contribution in [0.15, 0.2) is 0 Å². The number of nitrogens with zero attached hydrogens (tertiary/aromatic N) is 1. The van der Waals surface area contributed by atoms with Crippen molar-refractivity contribution in [2.45, 2.75) is 51.5 Å². The van der Waals surface area contributed by atoms with Gasteiger partial charge in [0.1, 0.15) is 0 Å². The van der Waals surface area contributed by atoms with Gasteiger partial charge < -0.3 is 15.0 Å². The normalized spacial score (nSPS) is 24.0.